The summed E-state index contributed by atoms with van der Waals surface area (Å²) in [7, 11) is 3.16. The van der Waals surface area contributed by atoms with Crippen LogP contribution in [0.4, 0.5) is 5.82 Å². The summed E-state index contributed by atoms with van der Waals surface area (Å²) in [6, 6.07) is 17.9. The summed E-state index contributed by atoms with van der Waals surface area (Å²) >= 11 is 0. The van der Waals surface area contributed by atoms with Gasteiger partial charge in [0.25, 0.3) is 0 Å². The number of nitrogens with zero attached hydrogens (tertiary/aromatic N) is 2. The van der Waals surface area contributed by atoms with Crippen LogP contribution in [0.15, 0.2) is 48.5 Å². The number of rotatable bonds is 6. The van der Waals surface area contributed by atoms with Crippen molar-refractivity contribution in [2.24, 2.45) is 5.92 Å². The molecule has 0 aliphatic heterocycles. The van der Waals surface area contributed by atoms with E-state index in [1.54, 1.807) is 14.2 Å². The molecule has 2 N–H and O–H groups in total. The predicted octanol–water partition coefficient (Wildman–Crippen LogP) is 5.09. The highest BCUT2D eigenvalue weighted by Crippen LogP contribution is 2.41. The lowest BCUT2D eigenvalue weighted by molar-refractivity contribution is 0.356. The zero-order valence-corrected chi connectivity index (χ0v) is 17.2. The molecular weight excluding hydrogens is 362 g/mol. The quantitative estimate of drug-likeness (QED) is 0.637. The van der Waals surface area contributed by atoms with Crippen LogP contribution in [0.2, 0.25) is 0 Å². The topological polar surface area (TPSA) is 81.2 Å². The van der Waals surface area contributed by atoms with Crippen molar-refractivity contribution in [3.8, 4) is 40.0 Å². The molecule has 0 unspecified atom stereocenters. The number of aromatic nitrogens is 1. The third-order valence-electron chi connectivity index (χ3n) is 4.75. The number of methoxy groups -OCH3 is 2. The minimum absolute atomic E-state index is 0.191. The largest absolute Gasteiger partial charge is 0.493 e. The van der Waals surface area contributed by atoms with E-state index in [9.17, 15) is 5.26 Å². The van der Waals surface area contributed by atoms with E-state index in [1.807, 2.05) is 36.4 Å². The monoisotopic (exact) mass is 387 g/mol. The fourth-order valence-corrected chi connectivity index (χ4v) is 3.42. The van der Waals surface area contributed by atoms with E-state index in [4.69, 9.17) is 15.2 Å². The van der Waals surface area contributed by atoms with Crippen molar-refractivity contribution >= 4 is 5.82 Å². The molecule has 0 atom stereocenters. The molecule has 0 fully saturated rings. The Hall–Kier alpha value is -3.52. The maximum atomic E-state index is 9.69. The van der Waals surface area contributed by atoms with Gasteiger partial charge in [0.15, 0.2) is 11.5 Å². The van der Waals surface area contributed by atoms with Gasteiger partial charge in [-0.25, -0.2) is 4.98 Å². The van der Waals surface area contributed by atoms with Crippen molar-refractivity contribution in [2.75, 3.05) is 20.0 Å². The molecular formula is C24H25N3O2. The van der Waals surface area contributed by atoms with Gasteiger partial charge < -0.3 is 15.2 Å². The average Bonchev–Trinajstić information content (AvgIpc) is 2.72. The van der Waals surface area contributed by atoms with E-state index in [0.29, 0.717) is 34.2 Å². The van der Waals surface area contributed by atoms with Crippen LogP contribution in [0, 0.1) is 17.2 Å². The van der Waals surface area contributed by atoms with E-state index in [-0.39, 0.29) is 5.82 Å². The molecule has 0 amide bonds. The highest BCUT2D eigenvalue weighted by Gasteiger charge is 2.19. The first-order valence-corrected chi connectivity index (χ1v) is 9.49. The van der Waals surface area contributed by atoms with Gasteiger partial charge in [-0.2, -0.15) is 5.26 Å². The van der Waals surface area contributed by atoms with Gasteiger partial charge >= 0.3 is 0 Å². The second-order valence-electron chi connectivity index (χ2n) is 7.26. The summed E-state index contributed by atoms with van der Waals surface area (Å²) in [5.74, 6) is 1.92. The maximum Gasteiger partial charge on any atom is 0.168 e. The Balaban J connectivity index is 2.15. The Kier molecular flexibility index (Phi) is 6.04. The first-order chi connectivity index (χ1) is 14.0. The number of ether oxygens (including phenoxy) is 2. The Labute approximate surface area is 171 Å². The molecule has 0 aliphatic carbocycles. The molecule has 2 aromatic carbocycles. The van der Waals surface area contributed by atoms with Crippen LogP contribution >= 0.6 is 0 Å². The Morgan fingerprint density at radius 2 is 1.76 bits per heavy atom. The van der Waals surface area contributed by atoms with Crippen molar-refractivity contribution in [3.63, 3.8) is 0 Å². The standard InChI is InChI=1S/C24H25N3O2/c1-15(2)12-16-8-10-17(11-9-16)21-13-19(20(14-25)24(26)27-21)18-6-5-7-22(28-3)23(18)29-4/h5-11,13,15H,12H2,1-4H3,(H2,26,27). The van der Waals surface area contributed by atoms with Crippen LogP contribution in [0.3, 0.4) is 0 Å². The summed E-state index contributed by atoms with van der Waals surface area (Å²) in [6.45, 7) is 4.40. The Morgan fingerprint density at radius 3 is 2.34 bits per heavy atom. The van der Waals surface area contributed by atoms with Crippen LogP contribution in [0.25, 0.3) is 22.4 Å². The Bertz CT molecular complexity index is 1050. The first kappa shape index (κ1) is 20.2. The second kappa shape index (κ2) is 8.66. The van der Waals surface area contributed by atoms with Crippen molar-refractivity contribution in [2.45, 2.75) is 20.3 Å². The van der Waals surface area contributed by atoms with Gasteiger partial charge in [-0.15, -0.1) is 0 Å². The number of nitrogens with two attached hydrogens (primary N) is 1. The molecule has 5 heteroatoms. The summed E-state index contributed by atoms with van der Waals surface area (Å²) in [5.41, 5.74) is 10.8. The van der Waals surface area contributed by atoms with Crippen LogP contribution in [-0.2, 0) is 6.42 Å². The number of anilines is 1. The number of para-hydroxylation sites is 1. The van der Waals surface area contributed by atoms with E-state index in [1.165, 1.54) is 5.56 Å². The summed E-state index contributed by atoms with van der Waals surface area (Å²) in [5, 5.41) is 9.69. The van der Waals surface area contributed by atoms with Crippen molar-refractivity contribution in [1.82, 2.24) is 4.98 Å². The molecule has 0 aliphatic rings. The van der Waals surface area contributed by atoms with Gasteiger partial charge in [0.05, 0.1) is 19.9 Å². The van der Waals surface area contributed by atoms with E-state index < -0.39 is 0 Å². The lowest BCUT2D eigenvalue weighted by Gasteiger charge is -2.15. The van der Waals surface area contributed by atoms with Crippen LogP contribution in [0.5, 0.6) is 11.5 Å². The van der Waals surface area contributed by atoms with Gasteiger partial charge in [-0.1, -0.05) is 50.2 Å². The third-order valence-corrected chi connectivity index (χ3v) is 4.75. The maximum absolute atomic E-state index is 9.69. The average molecular weight is 387 g/mol. The predicted molar refractivity (Wildman–Crippen MR) is 116 cm³/mol. The molecule has 3 aromatic rings. The third kappa shape index (κ3) is 4.17. The number of nitrogen functional groups attached to an aromatic ring is 1. The Morgan fingerprint density at radius 1 is 1.03 bits per heavy atom. The molecule has 0 bridgehead atoms. The number of nitriles is 1. The van der Waals surface area contributed by atoms with Crippen molar-refractivity contribution in [3.05, 3.63) is 59.7 Å². The van der Waals surface area contributed by atoms with Crippen LogP contribution in [0.1, 0.15) is 25.0 Å². The van der Waals surface area contributed by atoms with E-state index in [2.05, 4.69) is 37.0 Å². The molecule has 1 heterocycles. The minimum Gasteiger partial charge on any atom is -0.493 e. The molecule has 0 saturated heterocycles. The fourth-order valence-electron chi connectivity index (χ4n) is 3.42. The molecule has 5 nitrogen and oxygen atoms in total. The molecule has 0 radical (unpaired) electrons. The summed E-state index contributed by atoms with van der Waals surface area (Å²) < 4.78 is 11.0. The van der Waals surface area contributed by atoms with Gasteiger partial charge in [-0.05, 0) is 30.0 Å². The fraction of sp³-hybridized carbons (Fsp3) is 0.250. The summed E-state index contributed by atoms with van der Waals surface area (Å²) in [6.07, 6.45) is 1.02. The SMILES string of the molecule is COc1cccc(-c2cc(-c3ccc(CC(C)C)cc3)nc(N)c2C#N)c1OC. The number of benzene rings is 2. The van der Waals surface area contributed by atoms with Crippen LogP contribution in [-0.4, -0.2) is 19.2 Å². The molecule has 29 heavy (non-hydrogen) atoms. The molecule has 1 aromatic heterocycles. The van der Waals surface area contributed by atoms with Gasteiger partial charge in [0.1, 0.15) is 17.5 Å². The van der Waals surface area contributed by atoms with Crippen LogP contribution < -0.4 is 15.2 Å². The highest BCUT2D eigenvalue weighted by atomic mass is 16.5. The smallest absolute Gasteiger partial charge is 0.168 e. The van der Waals surface area contributed by atoms with E-state index in [0.717, 1.165) is 17.5 Å². The molecule has 0 saturated carbocycles. The molecule has 0 spiro atoms. The lowest BCUT2D eigenvalue weighted by Crippen LogP contribution is -2.01. The lowest BCUT2D eigenvalue weighted by atomic mass is 9.96. The van der Waals surface area contributed by atoms with E-state index >= 15 is 0 Å². The highest BCUT2D eigenvalue weighted by molar-refractivity contribution is 5.84. The first-order valence-electron chi connectivity index (χ1n) is 9.49. The number of hydrogen-bond acceptors (Lipinski definition) is 5. The van der Waals surface area contributed by atoms with Crippen molar-refractivity contribution < 1.29 is 9.47 Å². The normalized spacial score (nSPS) is 10.6. The van der Waals surface area contributed by atoms with Gasteiger partial charge in [0, 0.05) is 16.7 Å². The molecule has 3 rings (SSSR count). The van der Waals surface area contributed by atoms with Crippen molar-refractivity contribution in [1.29, 1.82) is 5.26 Å². The zero-order chi connectivity index (χ0) is 21.0. The second-order valence-corrected chi connectivity index (χ2v) is 7.26. The molecule has 148 valence electrons. The summed E-state index contributed by atoms with van der Waals surface area (Å²) in [4.78, 5) is 4.47. The number of pyridine rings is 1. The minimum atomic E-state index is 0.191. The zero-order valence-electron chi connectivity index (χ0n) is 17.2. The number of hydrogen-bond donors (Lipinski definition) is 1. The van der Waals surface area contributed by atoms with Gasteiger partial charge in [0.2, 0.25) is 0 Å². The van der Waals surface area contributed by atoms with Gasteiger partial charge in [-0.3, -0.25) is 0 Å².